The molecule has 142 valence electrons. The SMILES string of the molecule is CCn1cccc1C(=O)N1CC2(CCCC(CNC(=O)C3(C)CC3)O2)C1. The number of nitrogens with zero attached hydrogens (tertiary/aromatic N) is 2. The third-order valence-corrected chi connectivity index (χ3v) is 6.25. The molecule has 1 unspecified atom stereocenters. The van der Waals surface area contributed by atoms with Gasteiger partial charge in [0.15, 0.2) is 0 Å². The first-order valence-electron chi connectivity index (χ1n) is 9.85. The number of amides is 2. The minimum Gasteiger partial charge on any atom is -0.366 e. The summed E-state index contributed by atoms with van der Waals surface area (Å²) >= 11 is 0. The number of hydrogen-bond donors (Lipinski definition) is 1. The van der Waals surface area contributed by atoms with E-state index >= 15 is 0 Å². The Hall–Kier alpha value is -1.82. The van der Waals surface area contributed by atoms with Crippen molar-refractivity contribution in [1.29, 1.82) is 0 Å². The van der Waals surface area contributed by atoms with Crippen LogP contribution >= 0.6 is 0 Å². The Morgan fingerprint density at radius 3 is 2.77 bits per heavy atom. The Morgan fingerprint density at radius 1 is 1.31 bits per heavy atom. The van der Waals surface area contributed by atoms with Gasteiger partial charge in [0, 0.05) is 24.7 Å². The summed E-state index contributed by atoms with van der Waals surface area (Å²) in [6.45, 7) is 6.76. The van der Waals surface area contributed by atoms with Crippen molar-refractivity contribution in [2.75, 3.05) is 19.6 Å². The smallest absolute Gasteiger partial charge is 0.270 e. The Balaban J connectivity index is 1.30. The van der Waals surface area contributed by atoms with Crippen LogP contribution in [0.5, 0.6) is 0 Å². The molecule has 1 aromatic heterocycles. The van der Waals surface area contributed by atoms with Crippen LogP contribution in [0.2, 0.25) is 0 Å². The maximum atomic E-state index is 12.7. The molecule has 6 nitrogen and oxygen atoms in total. The topological polar surface area (TPSA) is 63.6 Å². The van der Waals surface area contributed by atoms with E-state index in [1.54, 1.807) is 0 Å². The maximum absolute atomic E-state index is 12.7. The lowest BCUT2D eigenvalue weighted by molar-refractivity contribution is -0.186. The number of likely N-dealkylation sites (tertiary alicyclic amines) is 1. The molecule has 3 heterocycles. The first-order valence-corrected chi connectivity index (χ1v) is 9.85. The van der Waals surface area contributed by atoms with Crippen molar-refractivity contribution in [3.05, 3.63) is 24.0 Å². The number of carbonyl (C=O) groups is 2. The van der Waals surface area contributed by atoms with Crippen molar-refractivity contribution >= 4 is 11.8 Å². The van der Waals surface area contributed by atoms with Gasteiger partial charge in [0.25, 0.3) is 5.91 Å². The molecule has 2 amide bonds. The lowest BCUT2D eigenvalue weighted by atomic mass is 9.84. The van der Waals surface area contributed by atoms with Gasteiger partial charge in [-0.25, -0.2) is 0 Å². The zero-order valence-electron chi connectivity index (χ0n) is 15.8. The number of rotatable bonds is 5. The van der Waals surface area contributed by atoms with Crippen LogP contribution in [0.25, 0.3) is 0 Å². The van der Waals surface area contributed by atoms with E-state index in [1.165, 1.54) is 0 Å². The highest BCUT2D eigenvalue weighted by Gasteiger charge is 2.50. The Morgan fingerprint density at radius 2 is 2.08 bits per heavy atom. The summed E-state index contributed by atoms with van der Waals surface area (Å²) in [7, 11) is 0. The van der Waals surface area contributed by atoms with Crippen molar-refractivity contribution in [3.8, 4) is 0 Å². The summed E-state index contributed by atoms with van der Waals surface area (Å²) in [6, 6.07) is 3.80. The molecular weight excluding hydrogens is 330 g/mol. The van der Waals surface area contributed by atoms with E-state index in [0.29, 0.717) is 19.6 Å². The van der Waals surface area contributed by atoms with Crippen molar-refractivity contribution in [1.82, 2.24) is 14.8 Å². The van der Waals surface area contributed by atoms with E-state index in [0.717, 1.165) is 44.3 Å². The molecule has 1 saturated carbocycles. The van der Waals surface area contributed by atoms with E-state index in [4.69, 9.17) is 4.74 Å². The quantitative estimate of drug-likeness (QED) is 0.876. The summed E-state index contributed by atoms with van der Waals surface area (Å²) in [5.74, 6) is 0.245. The average molecular weight is 359 g/mol. The van der Waals surface area contributed by atoms with Crippen LogP contribution in [0.4, 0.5) is 0 Å². The summed E-state index contributed by atoms with van der Waals surface area (Å²) in [5.41, 5.74) is 0.399. The number of carbonyl (C=O) groups excluding carboxylic acids is 2. The van der Waals surface area contributed by atoms with E-state index < -0.39 is 0 Å². The molecule has 1 spiro atoms. The summed E-state index contributed by atoms with van der Waals surface area (Å²) in [6.07, 6.45) is 7.05. The van der Waals surface area contributed by atoms with Gasteiger partial charge in [-0.3, -0.25) is 9.59 Å². The summed E-state index contributed by atoms with van der Waals surface area (Å²) < 4.78 is 8.31. The van der Waals surface area contributed by atoms with E-state index in [2.05, 4.69) is 5.32 Å². The van der Waals surface area contributed by atoms with Crippen molar-refractivity contribution in [2.24, 2.45) is 5.41 Å². The fourth-order valence-corrected chi connectivity index (χ4v) is 4.17. The minimum atomic E-state index is -0.212. The van der Waals surface area contributed by atoms with Crippen LogP contribution in [0, 0.1) is 5.41 Å². The maximum Gasteiger partial charge on any atom is 0.270 e. The van der Waals surface area contributed by atoms with Crippen LogP contribution in [0.1, 0.15) is 56.4 Å². The molecule has 1 N–H and O–H groups in total. The molecule has 3 aliphatic rings. The number of ether oxygens (including phenoxy) is 1. The Bertz CT molecular complexity index is 701. The lowest BCUT2D eigenvalue weighted by Gasteiger charge is -2.53. The molecule has 3 fully saturated rings. The third kappa shape index (κ3) is 3.15. The number of nitrogens with one attached hydrogen (secondary N) is 1. The van der Waals surface area contributed by atoms with Crippen LogP contribution in [-0.4, -0.2) is 52.6 Å². The zero-order chi connectivity index (χ0) is 18.4. The molecule has 0 bridgehead atoms. The van der Waals surface area contributed by atoms with Gasteiger partial charge < -0.3 is 19.5 Å². The predicted molar refractivity (Wildman–Crippen MR) is 97.8 cm³/mol. The number of aromatic nitrogens is 1. The lowest BCUT2D eigenvalue weighted by Crippen LogP contribution is -2.67. The molecule has 0 aromatic carbocycles. The molecule has 6 heteroatoms. The van der Waals surface area contributed by atoms with E-state index in [9.17, 15) is 9.59 Å². The molecule has 1 aromatic rings. The average Bonchev–Trinajstić information content (AvgIpc) is 3.19. The molecule has 1 aliphatic carbocycles. The van der Waals surface area contributed by atoms with Crippen LogP contribution in [0.15, 0.2) is 18.3 Å². The minimum absolute atomic E-state index is 0.0619. The molecule has 4 rings (SSSR count). The van der Waals surface area contributed by atoms with Gasteiger partial charge in [-0.1, -0.05) is 6.92 Å². The van der Waals surface area contributed by atoms with Crippen molar-refractivity contribution < 1.29 is 14.3 Å². The van der Waals surface area contributed by atoms with Crippen LogP contribution < -0.4 is 5.32 Å². The third-order valence-electron chi connectivity index (χ3n) is 6.25. The summed E-state index contributed by atoms with van der Waals surface area (Å²) in [5, 5.41) is 3.06. The molecule has 0 radical (unpaired) electrons. The second kappa shape index (κ2) is 6.41. The van der Waals surface area contributed by atoms with E-state index in [-0.39, 0.29) is 28.9 Å². The second-order valence-electron chi connectivity index (χ2n) is 8.43. The van der Waals surface area contributed by atoms with Gasteiger partial charge in [0.2, 0.25) is 5.91 Å². The molecule has 2 aliphatic heterocycles. The highest BCUT2D eigenvalue weighted by Crippen LogP contribution is 2.45. The van der Waals surface area contributed by atoms with E-state index in [1.807, 2.05) is 41.6 Å². The van der Waals surface area contributed by atoms with Gasteiger partial charge in [-0.2, -0.15) is 0 Å². The Labute approximate surface area is 154 Å². The van der Waals surface area contributed by atoms with Gasteiger partial charge in [0.1, 0.15) is 11.3 Å². The highest BCUT2D eigenvalue weighted by molar-refractivity contribution is 5.93. The largest absolute Gasteiger partial charge is 0.366 e. The van der Waals surface area contributed by atoms with Crippen molar-refractivity contribution in [3.63, 3.8) is 0 Å². The normalized spacial score (nSPS) is 25.6. The standard InChI is InChI=1S/C20H29N3O3/c1-3-22-11-5-7-16(22)17(24)23-13-20(14-23)8-4-6-15(26-20)12-21-18(25)19(2)9-10-19/h5,7,11,15H,3-4,6,8-10,12-14H2,1-2H3,(H,21,25). The van der Waals surface area contributed by atoms with Gasteiger partial charge in [0.05, 0.1) is 19.2 Å². The second-order valence-corrected chi connectivity index (χ2v) is 8.43. The summed E-state index contributed by atoms with van der Waals surface area (Å²) in [4.78, 5) is 26.7. The van der Waals surface area contributed by atoms with Gasteiger partial charge >= 0.3 is 0 Å². The zero-order valence-corrected chi connectivity index (χ0v) is 15.8. The van der Waals surface area contributed by atoms with Gasteiger partial charge in [-0.15, -0.1) is 0 Å². The molecular formula is C20H29N3O3. The molecule has 26 heavy (non-hydrogen) atoms. The fourth-order valence-electron chi connectivity index (χ4n) is 4.17. The van der Waals surface area contributed by atoms with Crippen LogP contribution in [-0.2, 0) is 16.1 Å². The highest BCUT2D eigenvalue weighted by atomic mass is 16.5. The molecule has 1 atom stereocenters. The first kappa shape index (κ1) is 17.6. The Kier molecular flexibility index (Phi) is 4.34. The molecule has 2 saturated heterocycles. The first-order chi connectivity index (χ1) is 12.4. The fraction of sp³-hybridized carbons (Fsp3) is 0.700. The monoisotopic (exact) mass is 359 g/mol. The number of aryl methyl sites for hydroxylation is 1. The predicted octanol–water partition coefficient (Wildman–Crippen LogP) is 2.19. The van der Waals surface area contributed by atoms with Crippen molar-refractivity contribution in [2.45, 2.75) is 64.2 Å². The number of hydrogen-bond acceptors (Lipinski definition) is 3. The van der Waals surface area contributed by atoms with Crippen LogP contribution in [0.3, 0.4) is 0 Å². The van der Waals surface area contributed by atoms with Gasteiger partial charge in [-0.05, 0) is 51.2 Å².